The lowest BCUT2D eigenvalue weighted by molar-refractivity contribution is -0.116. The summed E-state index contributed by atoms with van der Waals surface area (Å²) in [5.41, 5.74) is 4.58. The minimum Gasteiger partial charge on any atom is -0.493 e. The molecule has 2 aromatic carbocycles. The van der Waals surface area contributed by atoms with Crippen LogP contribution in [0.5, 0.6) is 5.75 Å². The number of amides is 1. The molecular formula is C26H35N3O2. The van der Waals surface area contributed by atoms with Crippen molar-refractivity contribution in [3.05, 3.63) is 59.2 Å². The lowest BCUT2D eigenvalue weighted by atomic mass is 9.90. The van der Waals surface area contributed by atoms with Gasteiger partial charge in [-0.05, 0) is 61.9 Å². The molecule has 0 aromatic heterocycles. The zero-order valence-corrected chi connectivity index (χ0v) is 18.9. The molecule has 2 aliphatic rings. The third kappa shape index (κ3) is 5.66. The van der Waals surface area contributed by atoms with Gasteiger partial charge in [-0.3, -0.25) is 4.79 Å². The molecule has 4 rings (SSSR count). The Bertz CT molecular complexity index is 870. The quantitative estimate of drug-likeness (QED) is 0.728. The molecule has 5 nitrogen and oxygen atoms in total. The number of nitrogens with zero attached hydrogens (tertiary/aromatic N) is 2. The Labute approximate surface area is 186 Å². The molecule has 31 heavy (non-hydrogen) atoms. The van der Waals surface area contributed by atoms with Crippen molar-refractivity contribution >= 4 is 11.6 Å². The predicted molar refractivity (Wildman–Crippen MR) is 126 cm³/mol. The van der Waals surface area contributed by atoms with Gasteiger partial charge in [0.05, 0.1) is 6.61 Å². The highest BCUT2D eigenvalue weighted by atomic mass is 16.5. The molecule has 1 saturated heterocycles. The zero-order valence-electron chi connectivity index (χ0n) is 18.9. The number of anilines is 1. The van der Waals surface area contributed by atoms with E-state index in [9.17, 15) is 4.79 Å². The monoisotopic (exact) mass is 421 g/mol. The molecule has 2 aromatic rings. The summed E-state index contributed by atoms with van der Waals surface area (Å²) in [6, 6.07) is 14.6. The van der Waals surface area contributed by atoms with E-state index in [1.165, 1.54) is 12.0 Å². The molecule has 2 aliphatic heterocycles. The van der Waals surface area contributed by atoms with Crippen LogP contribution in [0.3, 0.4) is 0 Å². The first-order chi connectivity index (χ1) is 15.1. The fourth-order valence-corrected chi connectivity index (χ4v) is 4.76. The number of hydrogen-bond acceptors (Lipinski definition) is 4. The van der Waals surface area contributed by atoms with E-state index in [1.54, 1.807) is 0 Å². The Morgan fingerprint density at radius 3 is 2.39 bits per heavy atom. The second kappa shape index (κ2) is 10.3. The Hall–Kier alpha value is -2.37. The van der Waals surface area contributed by atoms with E-state index >= 15 is 0 Å². The average Bonchev–Trinajstić information content (AvgIpc) is 2.79. The average molecular weight is 422 g/mol. The summed E-state index contributed by atoms with van der Waals surface area (Å²) >= 11 is 0. The molecule has 1 unspecified atom stereocenters. The molecule has 0 radical (unpaired) electrons. The molecule has 1 fully saturated rings. The van der Waals surface area contributed by atoms with Crippen molar-refractivity contribution in [2.75, 3.05) is 51.2 Å². The zero-order chi connectivity index (χ0) is 21.6. The summed E-state index contributed by atoms with van der Waals surface area (Å²) in [7, 11) is 0. The van der Waals surface area contributed by atoms with Gasteiger partial charge < -0.3 is 19.9 Å². The van der Waals surface area contributed by atoms with Gasteiger partial charge in [0.25, 0.3) is 0 Å². The van der Waals surface area contributed by atoms with Crippen LogP contribution in [0.4, 0.5) is 5.69 Å². The van der Waals surface area contributed by atoms with Crippen molar-refractivity contribution in [2.24, 2.45) is 0 Å². The fraction of sp³-hybridized carbons (Fsp3) is 0.500. The molecule has 0 aliphatic carbocycles. The first-order valence-electron chi connectivity index (χ1n) is 11.6. The van der Waals surface area contributed by atoms with Crippen molar-refractivity contribution in [1.29, 1.82) is 0 Å². The van der Waals surface area contributed by atoms with Gasteiger partial charge in [0, 0.05) is 44.8 Å². The van der Waals surface area contributed by atoms with Gasteiger partial charge in [0.15, 0.2) is 0 Å². The van der Waals surface area contributed by atoms with Crippen LogP contribution in [0.25, 0.3) is 0 Å². The third-order valence-electron chi connectivity index (χ3n) is 6.74. The number of piperazine rings is 1. The lowest BCUT2D eigenvalue weighted by Crippen LogP contribution is -2.47. The number of fused-ring (bicyclic) bond motifs is 1. The van der Waals surface area contributed by atoms with E-state index in [1.807, 2.05) is 32.0 Å². The lowest BCUT2D eigenvalue weighted by Gasteiger charge is -2.35. The second-order valence-corrected chi connectivity index (χ2v) is 8.91. The molecule has 0 spiro atoms. The number of aryl methyl sites for hydroxylation is 2. The maximum Gasteiger partial charge on any atom is 0.225 e. The van der Waals surface area contributed by atoms with Crippen LogP contribution in [-0.2, 0) is 4.79 Å². The number of nitrogens with one attached hydrogen (secondary N) is 1. The SMILES string of the molecule is Cc1cccc(C)c1NC(=O)CCN1CCN(CCC2CCOc3ccccc32)CC1. The number of carbonyl (C=O) groups is 1. The Morgan fingerprint density at radius 1 is 0.968 bits per heavy atom. The summed E-state index contributed by atoms with van der Waals surface area (Å²) in [5.74, 6) is 1.79. The fourth-order valence-electron chi connectivity index (χ4n) is 4.76. The summed E-state index contributed by atoms with van der Waals surface area (Å²) in [6.45, 7) is 11.1. The van der Waals surface area contributed by atoms with E-state index in [0.29, 0.717) is 12.3 Å². The highest BCUT2D eigenvalue weighted by Crippen LogP contribution is 2.35. The van der Waals surface area contributed by atoms with E-state index in [4.69, 9.17) is 4.74 Å². The molecular weight excluding hydrogens is 386 g/mol. The molecule has 5 heteroatoms. The van der Waals surface area contributed by atoms with Gasteiger partial charge in [-0.15, -0.1) is 0 Å². The van der Waals surface area contributed by atoms with Crippen molar-refractivity contribution in [1.82, 2.24) is 9.80 Å². The normalized spacial score (nSPS) is 19.5. The number of ether oxygens (including phenoxy) is 1. The number of rotatable bonds is 7. The van der Waals surface area contributed by atoms with Crippen LogP contribution < -0.4 is 10.1 Å². The van der Waals surface area contributed by atoms with Gasteiger partial charge in [0.1, 0.15) is 5.75 Å². The summed E-state index contributed by atoms with van der Waals surface area (Å²) in [4.78, 5) is 17.4. The molecule has 1 N–H and O–H groups in total. The topological polar surface area (TPSA) is 44.8 Å². The van der Waals surface area contributed by atoms with E-state index in [0.717, 1.165) is 74.9 Å². The van der Waals surface area contributed by atoms with E-state index in [-0.39, 0.29) is 5.91 Å². The summed E-state index contributed by atoms with van der Waals surface area (Å²) in [5, 5.41) is 3.11. The summed E-state index contributed by atoms with van der Waals surface area (Å²) in [6.07, 6.45) is 2.86. The molecule has 2 heterocycles. The van der Waals surface area contributed by atoms with Crippen molar-refractivity contribution in [3.63, 3.8) is 0 Å². The first kappa shape index (κ1) is 21.8. The van der Waals surface area contributed by atoms with Crippen molar-refractivity contribution in [3.8, 4) is 5.75 Å². The highest BCUT2D eigenvalue weighted by Gasteiger charge is 2.23. The molecule has 1 atom stereocenters. The maximum atomic E-state index is 12.4. The summed E-state index contributed by atoms with van der Waals surface area (Å²) < 4.78 is 5.80. The standard InChI is InChI=1S/C26H35N3O2/c1-20-6-5-7-21(2)26(20)27-25(30)11-14-29-17-15-28(16-18-29)13-10-22-12-19-31-24-9-4-3-8-23(22)24/h3-9,22H,10-19H2,1-2H3,(H,27,30). The van der Waals surface area contributed by atoms with Gasteiger partial charge >= 0.3 is 0 Å². The largest absolute Gasteiger partial charge is 0.493 e. The molecule has 0 saturated carbocycles. The smallest absolute Gasteiger partial charge is 0.225 e. The Kier molecular flexibility index (Phi) is 7.25. The third-order valence-corrected chi connectivity index (χ3v) is 6.74. The Morgan fingerprint density at radius 2 is 1.65 bits per heavy atom. The first-order valence-corrected chi connectivity index (χ1v) is 11.6. The van der Waals surface area contributed by atoms with Gasteiger partial charge in [-0.2, -0.15) is 0 Å². The van der Waals surface area contributed by atoms with Gasteiger partial charge in [0.2, 0.25) is 5.91 Å². The van der Waals surface area contributed by atoms with E-state index in [2.05, 4.69) is 39.4 Å². The van der Waals surface area contributed by atoms with Crippen LogP contribution >= 0.6 is 0 Å². The Balaban J connectivity index is 1.17. The van der Waals surface area contributed by atoms with Crippen LogP contribution in [0.15, 0.2) is 42.5 Å². The molecule has 0 bridgehead atoms. The number of para-hydroxylation sites is 2. The van der Waals surface area contributed by atoms with E-state index < -0.39 is 0 Å². The van der Waals surface area contributed by atoms with Gasteiger partial charge in [-0.25, -0.2) is 0 Å². The van der Waals surface area contributed by atoms with Gasteiger partial charge in [-0.1, -0.05) is 36.4 Å². The van der Waals surface area contributed by atoms with Crippen molar-refractivity contribution in [2.45, 2.75) is 39.0 Å². The maximum absolute atomic E-state index is 12.4. The van der Waals surface area contributed by atoms with Crippen LogP contribution in [0, 0.1) is 13.8 Å². The van der Waals surface area contributed by atoms with Crippen LogP contribution in [0.1, 0.15) is 41.9 Å². The minimum atomic E-state index is 0.109. The number of benzene rings is 2. The predicted octanol–water partition coefficient (Wildman–Crippen LogP) is 4.21. The minimum absolute atomic E-state index is 0.109. The highest BCUT2D eigenvalue weighted by molar-refractivity contribution is 5.92. The number of carbonyl (C=O) groups excluding carboxylic acids is 1. The van der Waals surface area contributed by atoms with Crippen LogP contribution in [-0.4, -0.2) is 61.6 Å². The van der Waals surface area contributed by atoms with Crippen LogP contribution in [0.2, 0.25) is 0 Å². The molecule has 1 amide bonds. The van der Waals surface area contributed by atoms with Crippen molar-refractivity contribution < 1.29 is 9.53 Å². The molecule has 166 valence electrons. The second-order valence-electron chi connectivity index (χ2n) is 8.91. The number of hydrogen-bond donors (Lipinski definition) is 1.